The van der Waals surface area contributed by atoms with Gasteiger partial charge in [-0.15, -0.1) is 0 Å². The topological polar surface area (TPSA) is 130 Å². The van der Waals surface area contributed by atoms with Crippen LogP contribution in [0.1, 0.15) is 48.6 Å². The first-order valence-corrected chi connectivity index (χ1v) is 15.5. The molecule has 11 heteroatoms. The highest BCUT2D eigenvalue weighted by molar-refractivity contribution is 6.06. The van der Waals surface area contributed by atoms with Crippen molar-refractivity contribution in [1.82, 2.24) is 14.8 Å². The van der Waals surface area contributed by atoms with Gasteiger partial charge < -0.3 is 29.9 Å². The normalized spacial score (nSPS) is 18.3. The Morgan fingerprint density at radius 3 is 2.43 bits per heavy atom. The van der Waals surface area contributed by atoms with Crippen LogP contribution >= 0.6 is 0 Å². The Labute approximate surface area is 268 Å². The molecule has 6 rings (SSSR count). The lowest BCUT2D eigenvalue weighted by Gasteiger charge is -2.32. The minimum Gasteiger partial charge on any atom is -0.444 e. The van der Waals surface area contributed by atoms with E-state index in [0.717, 1.165) is 27.8 Å². The second-order valence-electron chi connectivity index (χ2n) is 13.4. The summed E-state index contributed by atoms with van der Waals surface area (Å²) >= 11 is 0. The summed E-state index contributed by atoms with van der Waals surface area (Å²) in [5.74, 6) is -0.261. The molecular formula is C35H39N5O6. The smallest absolute Gasteiger partial charge is 0.410 e. The number of carbonyl (C=O) groups is 4. The molecule has 1 aromatic heterocycles. The van der Waals surface area contributed by atoms with E-state index < -0.39 is 17.1 Å². The average molecular weight is 626 g/mol. The van der Waals surface area contributed by atoms with Crippen LogP contribution in [0.5, 0.6) is 0 Å². The highest BCUT2D eigenvalue weighted by atomic mass is 16.6. The highest BCUT2D eigenvalue weighted by Gasteiger charge is 2.51. The summed E-state index contributed by atoms with van der Waals surface area (Å²) in [7, 11) is 1.67. The second-order valence-corrected chi connectivity index (χ2v) is 13.4. The van der Waals surface area contributed by atoms with Gasteiger partial charge in [0.05, 0.1) is 24.5 Å². The Kier molecular flexibility index (Phi) is 8.28. The van der Waals surface area contributed by atoms with Crippen molar-refractivity contribution in [3.63, 3.8) is 0 Å². The van der Waals surface area contributed by atoms with Crippen molar-refractivity contribution in [2.24, 2.45) is 5.92 Å². The third kappa shape index (κ3) is 6.32. The Hall–Kier alpha value is -4.77. The predicted molar refractivity (Wildman–Crippen MR) is 171 cm³/mol. The van der Waals surface area contributed by atoms with Crippen LogP contribution in [0.15, 0.2) is 60.8 Å². The zero-order valence-corrected chi connectivity index (χ0v) is 26.6. The molecule has 4 amide bonds. The number of amides is 4. The second kappa shape index (κ2) is 12.2. The lowest BCUT2D eigenvalue weighted by Crippen LogP contribution is -2.47. The maximum atomic E-state index is 13.5. The average Bonchev–Trinajstić information content (AvgIpc) is 3.48. The number of hydrogen-bond acceptors (Lipinski definition) is 7. The van der Waals surface area contributed by atoms with Crippen molar-refractivity contribution in [1.29, 1.82) is 0 Å². The number of nitrogens with zero attached hydrogens (tertiary/aromatic N) is 3. The van der Waals surface area contributed by atoms with Gasteiger partial charge in [-0.3, -0.25) is 14.4 Å². The largest absolute Gasteiger partial charge is 0.444 e. The van der Waals surface area contributed by atoms with Gasteiger partial charge in [0.1, 0.15) is 18.0 Å². The lowest BCUT2D eigenvalue weighted by molar-refractivity contribution is -0.152. The molecule has 1 fully saturated rings. The summed E-state index contributed by atoms with van der Waals surface area (Å²) in [5.41, 5.74) is 3.89. The molecular weight excluding hydrogens is 586 g/mol. The van der Waals surface area contributed by atoms with Crippen molar-refractivity contribution in [3.8, 4) is 0 Å². The van der Waals surface area contributed by atoms with Crippen LogP contribution in [0.3, 0.4) is 0 Å². The Morgan fingerprint density at radius 1 is 1.02 bits per heavy atom. The summed E-state index contributed by atoms with van der Waals surface area (Å²) in [6.45, 7) is 6.39. The van der Waals surface area contributed by atoms with Crippen LogP contribution in [0.4, 0.5) is 16.3 Å². The molecule has 3 aromatic rings. The van der Waals surface area contributed by atoms with Gasteiger partial charge in [0.25, 0.3) is 0 Å². The molecule has 0 bridgehead atoms. The molecule has 2 aliphatic heterocycles. The minimum absolute atomic E-state index is 0.0605. The summed E-state index contributed by atoms with van der Waals surface area (Å²) in [6.07, 6.45) is 2.30. The number of carbonyl (C=O) groups excluding carboxylic acids is 4. The van der Waals surface area contributed by atoms with Gasteiger partial charge in [0.15, 0.2) is 0 Å². The molecule has 3 aliphatic rings. The Bertz CT molecular complexity index is 1700. The molecule has 1 spiro atoms. The molecule has 2 aromatic carbocycles. The van der Waals surface area contributed by atoms with Crippen LogP contribution in [-0.4, -0.2) is 71.0 Å². The molecule has 1 saturated heterocycles. The maximum absolute atomic E-state index is 13.5. The first-order valence-electron chi connectivity index (χ1n) is 15.5. The van der Waals surface area contributed by atoms with Gasteiger partial charge in [-0.25, -0.2) is 9.78 Å². The van der Waals surface area contributed by atoms with E-state index in [-0.39, 0.29) is 43.3 Å². The summed E-state index contributed by atoms with van der Waals surface area (Å²) in [6, 6.07) is 17.0. The van der Waals surface area contributed by atoms with Crippen molar-refractivity contribution in [2.75, 3.05) is 37.4 Å². The molecule has 2 N–H and O–H groups in total. The standard InChI is InChI=1S/C35H39N5O6/c1-34(2,3)46-33(44)39(4)17-23-8-5-6-9-24(23)18-40(31(42)26-20-45-21-26)19-29(41)37-27-12-11-22-15-35(16-25(22)14-27)28-10-7-13-36-30(28)38-32(35)43/h5-14,26H,15-21H2,1-4H3,(H,37,41)(H,36,38,43). The number of pyridine rings is 1. The monoisotopic (exact) mass is 625 g/mol. The van der Waals surface area contributed by atoms with E-state index in [4.69, 9.17) is 9.47 Å². The van der Waals surface area contributed by atoms with Gasteiger partial charge in [-0.05, 0) is 74.1 Å². The first kappa shape index (κ1) is 31.2. The molecule has 46 heavy (non-hydrogen) atoms. The number of benzene rings is 2. The third-order valence-electron chi connectivity index (χ3n) is 8.69. The van der Waals surface area contributed by atoms with Gasteiger partial charge in [0.2, 0.25) is 17.7 Å². The number of aromatic nitrogens is 1. The minimum atomic E-state index is -0.701. The lowest BCUT2D eigenvalue weighted by atomic mass is 9.79. The molecule has 240 valence electrons. The maximum Gasteiger partial charge on any atom is 0.410 e. The fraction of sp³-hybridized carbons (Fsp3) is 0.400. The van der Waals surface area contributed by atoms with E-state index in [1.54, 1.807) is 18.1 Å². The van der Waals surface area contributed by atoms with E-state index >= 15 is 0 Å². The fourth-order valence-corrected chi connectivity index (χ4v) is 6.30. The van der Waals surface area contributed by atoms with Crippen LogP contribution in [0.25, 0.3) is 0 Å². The van der Waals surface area contributed by atoms with Gasteiger partial charge in [-0.2, -0.15) is 0 Å². The van der Waals surface area contributed by atoms with Crippen LogP contribution in [0.2, 0.25) is 0 Å². The molecule has 1 atom stereocenters. The molecule has 1 aliphatic carbocycles. The van der Waals surface area contributed by atoms with Crippen LogP contribution < -0.4 is 10.6 Å². The van der Waals surface area contributed by atoms with E-state index in [1.165, 1.54) is 4.90 Å². The first-order chi connectivity index (χ1) is 21.9. The summed E-state index contributed by atoms with van der Waals surface area (Å²) in [5, 5.41) is 5.88. The zero-order chi connectivity index (χ0) is 32.6. The van der Waals surface area contributed by atoms with E-state index in [1.807, 2.05) is 75.4 Å². The van der Waals surface area contributed by atoms with Gasteiger partial charge >= 0.3 is 6.09 Å². The van der Waals surface area contributed by atoms with E-state index in [0.29, 0.717) is 37.6 Å². The van der Waals surface area contributed by atoms with Crippen molar-refractivity contribution >= 4 is 35.3 Å². The van der Waals surface area contributed by atoms with Crippen molar-refractivity contribution in [2.45, 2.75) is 57.7 Å². The zero-order valence-electron chi connectivity index (χ0n) is 26.6. The Balaban J connectivity index is 1.15. The number of rotatable bonds is 8. The van der Waals surface area contributed by atoms with Crippen LogP contribution in [0, 0.1) is 5.92 Å². The van der Waals surface area contributed by atoms with Gasteiger partial charge in [-0.1, -0.05) is 36.4 Å². The number of hydrogen-bond donors (Lipinski definition) is 2. The van der Waals surface area contributed by atoms with Gasteiger partial charge in [0, 0.05) is 37.6 Å². The highest BCUT2D eigenvalue weighted by Crippen LogP contribution is 2.47. The van der Waals surface area contributed by atoms with Crippen molar-refractivity contribution in [3.05, 3.63) is 88.6 Å². The van der Waals surface area contributed by atoms with Crippen molar-refractivity contribution < 1.29 is 28.7 Å². The number of ether oxygens (including phenoxy) is 2. The quantitative estimate of drug-likeness (QED) is 0.386. The third-order valence-corrected chi connectivity index (χ3v) is 8.69. The number of fused-ring (bicyclic) bond motifs is 3. The fourth-order valence-electron chi connectivity index (χ4n) is 6.30. The molecule has 3 heterocycles. The molecule has 1 unspecified atom stereocenters. The van der Waals surface area contributed by atoms with Crippen LogP contribution in [-0.2, 0) is 55.2 Å². The van der Waals surface area contributed by atoms with E-state index in [2.05, 4.69) is 15.6 Å². The Morgan fingerprint density at radius 2 is 1.74 bits per heavy atom. The molecule has 0 saturated carbocycles. The SMILES string of the molecule is CN(Cc1ccccc1CN(CC(=O)Nc1ccc2c(c1)CC1(C2)C(=O)Nc2ncccc21)C(=O)C1COC1)C(=O)OC(C)(C)C. The van der Waals surface area contributed by atoms with E-state index in [9.17, 15) is 19.2 Å². The summed E-state index contributed by atoms with van der Waals surface area (Å²) < 4.78 is 10.8. The number of anilines is 2. The summed E-state index contributed by atoms with van der Waals surface area (Å²) in [4.78, 5) is 60.0. The molecule has 11 nitrogen and oxygen atoms in total. The number of nitrogens with one attached hydrogen (secondary N) is 2. The predicted octanol–water partition coefficient (Wildman–Crippen LogP) is 4.05. The molecule has 0 radical (unpaired) electrons.